The number of halogens is 1. The number of benzene rings is 1. The fourth-order valence-corrected chi connectivity index (χ4v) is 4.10. The van der Waals surface area contributed by atoms with Crippen molar-refractivity contribution in [3.8, 4) is 0 Å². The smallest absolute Gasteiger partial charge is 0.295 e. The lowest BCUT2D eigenvalue weighted by molar-refractivity contribution is -0.140. The molecule has 1 unspecified atom stereocenters. The second kappa shape index (κ2) is 9.07. The van der Waals surface area contributed by atoms with E-state index < -0.39 is 17.7 Å². The van der Waals surface area contributed by atoms with E-state index in [1.807, 2.05) is 6.07 Å². The number of pyridine rings is 1. The lowest BCUT2D eigenvalue weighted by Crippen LogP contribution is -2.42. The quantitative estimate of drug-likeness (QED) is 0.409. The van der Waals surface area contributed by atoms with Gasteiger partial charge in [0, 0.05) is 48.6 Å². The summed E-state index contributed by atoms with van der Waals surface area (Å²) in [6.45, 7) is 3.91. The number of ether oxygens (including phenoxy) is 1. The first-order chi connectivity index (χ1) is 14.6. The molecule has 1 atom stereocenters. The first-order valence-corrected chi connectivity index (χ1v) is 10.6. The number of aromatic nitrogens is 1. The number of morpholine rings is 1. The molecule has 0 bridgehead atoms. The third kappa shape index (κ3) is 4.16. The summed E-state index contributed by atoms with van der Waals surface area (Å²) in [4.78, 5) is 33.8. The normalized spacial score (nSPS) is 21.9. The maximum Gasteiger partial charge on any atom is 0.295 e. The van der Waals surface area contributed by atoms with Gasteiger partial charge in [-0.2, -0.15) is 0 Å². The van der Waals surface area contributed by atoms with Crippen LogP contribution in [0, 0.1) is 0 Å². The fraction of sp³-hybridized carbons (Fsp3) is 0.318. The van der Waals surface area contributed by atoms with Gasteiger partial charge in [0.2, 0.25) is 0 Å². The van der Waals surface area contributed by atoms with Gasteiger partial charge in [0.05, 0.1) is 24.8 Å². The third-order valence-electron chi connectivity index (χ3n) is 5.42. The highest BCUT2D eigenvalue weighted by Crippen LogP contribution is 2.39. The van der Waals surface area contributed by atoms with Crippen molar-refractivity contribution >= 4 is 33.4 Å². The highest BCUT2D eigenvalue weighted by molar-refractivity contribution is 9.10. The summed E-state index contributed by atoms with van der Waals surface area (Å²) >= 11 is 3.37. The summed E-state index contributed by atoms with van der Waals surface area (Å²) in [7, 11) is 0. The van der Waals surface area contributed by atoms with Crippen LogP contribution in [-0.4, -0.2) is 71.0 Å². The van der Waals surface area contributed by atoms with Gasteiger partial charge in [0.25, 0.3) is 11.7 Å². The van der Waals surface area contributed by atoms with E-state index >= 15 is 0 Å². The average Bonchev–Trinajstić information content (AvgIpc) is 3.04. The van der Waals surface area contributed by atoms with Gasteiger partial charge in [-0.3, -0.25) is 19.5 Å². The summed E-state index contributed by atoms with van der Waals surface area (Å²) in [5, 5.41) is 11.0. The molecule has 1 amide bonds. The maximum atomic E-state index is 13.0. The highest BCUT2D eigenvalue weighted by Gasteiger charge is 2.46. The number of amides is 1. The van der Waals surface area contributed by atoms with E-state index in [2.05, 4.69) is 25.8 Å². The van der Waals surface area contributed by atoms with Gasteiger partial charge >= 0.3 is 0 Å². The Morgan fingerprint density at radius 1 is 1.13 bits per heavy atom. The zero-order valence-electron chi connectivity index (χ0n) is 16.3. The predicted molar refractivity (Wildman–Crippen MR) is 115 cm³/mol. The van der Waals surface area contributed by atoms with Gasteiger partial charge in [0.1, 0.15) is 5.76 Å². The Labute approximate surface area is 183 Å². The van der Waals surface area contributed by atoms with E-state index in [9.17, 15) is 14.7 Å². The summed E-state index contributed by atoms with van der Waals surface area (Å²) in [5.74, 6) is -1.45. The Morgan fingerprint density at radius 3 is 2.53 bits per heavy atom. The minimum atomic E-state index is -0.677. The number of rotatable bonds is 5. The van der Waals surface area contributed by atoms with Gasteiger partial charge in [-0.15, -0.1) is 0 Å². The van der Waals surface area contributed by atoms with E-state index in [1.165, 1.54) is 0 Å². The fourth-order valence-electron chi connectivity index (χ4n) is 3.83. The van der Waals surface area contributed by atoms with Crippen molar-refractivity contribution in [1.29, 1.82) is 0 Å². The van der Waals surface area contributed by atoms with Crippen LogP contribution in [0.5, 0.6) is 0 Å². The third-order valence-corrected chi connectivity index (χ3v) is 5.95. The molecule has 0 saturated carbocycles. The van der Waals surface area contributed by atoms with E-state index in [-0.39, 0.29) is 11.3 Å². The largest absolute Gasteiger partial charge is 0.507 e. The number of nitrogens with zero attached hydrogens (tertiary/aromatic N) is 3. The SMILES string of the molecule is O=C1C(=O)N(CCN2CCOCC2)C(c2cccnc2)/C1=C(/O)c1ccc(Br)cc1. The maximum absolute atomic E-state index is 13.0. The van der Waals surface area contributed by atoms with Gasteiger partial charge < -0.3 is 14.7 Å². The molecule has 1 aromatic carbocycles. The number of ketones is 1. The number of carbonyl (C=O) groups is 2. The lowest BCUT2D eigenvalue weighted by Gasteiger charge is -2.30. The van der Waals surface area contributed by atoms with E-state index in [1.54, 1.807) is 47.6 Å². The van der Waals surface area contributed by atoms with Crippen molar-refractivity contribution in [2.75, 3.05) is 39.4 Å². The Hall–Kier alpha value is -2.55. The van der Waals surface area contributed by atoms with Crippen LogP contribution >= 0.6 is 15.9 Å². The molecule has 2 fully saturated rings. The van der Waals surface area contributed by atoms with Crippen LogP contribution in [0.3, 0.4) is 0 Å². The molecule has 0 aliphatic carbocycles. The molecule has 7 nitrogen and oxygen atoms in total. The first kappa shape index (κ1) is 20.7. The molecule has 156 valence electrons. The van der Waals surface area contributed by atoms with Gasteiger partial charge in [0.15, 0.2) is 0 Å². The second-order valence-electron chi connectivity index (χ2n) is 7.24. The number of hydrogen-bond acceptors (Lipinski definition) is 6. The molecule has 3 heterocycles. The number of likely N-dealkylation sites (tertiary alicyclic amines) is 1. The Balaban J connectivity index is 1.71. The number of Topliss-reactive ketones (excluding diaryl/α,β-unsaturated/α-hetero) is 1. The van der Waals surface area contributed by atoms with E-state index in [0.29, 0.717) is 37.4 Å². The molecule has 2 aromatic rings. The van der Waals surface area contributed by atoms with Crippen LogP contribution < -0.4 is 0 Å². The molecule has 30 heavy (non-hydrogen) atoms. The molecule has 8 heteroatoms. The number of aliphatic hydroxyl groups excluding tert-OH is 1. The molecule has 1 N–H and O–H groups in total. The minimum absolute atomic E-state index is 0.0947. The second-order valence-corrected chi connectivity index (χ2v) is 8.16. The Kier molecular flexibility index (Phi) is 6.26. The molecular weight excluding hydrogens is 450 g/mol. The Morgan fingerprint density at radius 2 is 1.87 bits per heavy atom. The molecule has 1 aromatic heterocycles. The molecule has 2 saturated heterocycles. The molecule has 2 aliphatic heterocycles. The van der Waals surface area contributed by atoms with Crippen LogP contribution in [0.15, 0.2) is 58.8 Å². The zero-order chi connectivity index (χ0) is 21.1. The molecule has 4 rings (SSSR count). The van der Waals surface area contributed by atoms with Gasteiger partial charge in [-0.25, -0.2) is 0 Å². The molecule has 2 aliphatic rings. The van der Waals surface area contributed by atoms with Crippen molar-refractivity contribution in [1.82, 2.24) is 14.8 Å². The van der Waals surface area contributed by atoms with Crippen molar-refractivity contribution in [2.24, 2.45) is 0 Å². The topological polar surface area (TPSA) is 83.0 Å². The van der Waals surface area contributed by atoms with Crippen molar-refractivity contribution in [3.63, 3.8) is 0 Å². The number of carbonyl (C=O) groups excluding carboxylic acids is 2. The van der Waals surface area contributed by atoms with E-state index in [0.717, 1.165) is 17.6 Å². The van der Waals surface area contributed by atoms with Gasteiger partial charge in [-0.1, -0.05) is 34.1 Å². The van der Waals surface area contributed by atoms with Gasteiger partial charge in [-0.05, 0) is 23.8 Å². The van der Waals surface area contributed by atoms with Crippen LogP contribution in [0.4, 0.5) is 0 Å². The Bertz CT molecular complexity index is 956. The van der Waals surface area contributed by atoms with Crippen LogP contribution in [0.1, 0.15) is 17.2 Å². The summed E-state index contributed by atoms with van der Waals surface area (Å²) in [6.07, 6.45) is 3.27. The predicted octanol–water partition coefficient (Wildman–Crippen LogP) is 2.60. The summed E-state index contributed by atoms with van der Waals surface area (Å²) in [5.41, 5.74) is 1.27. The summed E-state index contributed by atoms with van der Waals surface area (Å²) < 4.78 is 6.23. The van der Waals surface area contributed by atoms with Crippen LogP contribution in [0.25, 0.3) is 5.76 Å². The molecule has 0 spiro atoms. The van der Waals surface area contributed by atoms with Crippen LogP contribution in [0.2, 0.25) is 0 Å². The number of hydrogen-bond donors (Lipinski definition) is 1. The van der Waals surface area contributed by atoms with Crippen molar-refractivity contribution in [3.05, 3.63) is 70.0 Å². The zero-order valence-corrected chi connectivity index (χ0v) is 17.9. The average molecular weight is 472 g/mol. The molecular formula is C22H22BrN3O4. The van der Waals surface area contributed by atoms with Crippen molar-refractivity contribution in [2.45, 2.75) is 6.04 Å². The minimum Gasteiger partial charge on any atom is -0.507 e. The molecule has 0 radical (unpaired) electrons. The standard InChI is InChI=1S/C22H22BrN3O4/c23-17-5-3-15(4-6-17)20(27)18-19(16-2-1-7-24-14-16)26(22(29)21(18)28)9-8-25-10-12-30-13-11-25/h1-7,14,19,27H,8-13H2/b20-18-. The van der Waals surface area contributed by atoms with Crippen LogP contribution in [-0.2, 0) is 14.3 Å². The number of aliphatic hydroxyl groups is 1. The summed E-state index contributed by atoms with van der Waals surface area (Å²) in [6, 6.07) is 9.88. The first-order valence-electron chi connectivity index (χ1n) is 9.80. The lowest BCUT2D eigenvalue weighted by atomic mass is 9.96. The highest BCUT2D eigenvalue weighted by atomic mass is 79.9. The van der Waals surface area contributed by atoms with E-state index in [4.69, 9.17) is 4.74 Å². The van der Waals surface area contributed by atoms with Crippen molar-refractivity contribution < 1.29 is 19.4 Å². The monoisotopic (exact) mass is 471 g/mol.